The first-order valence-electron chi connectivity index (χ1n) is 5.69. The summed E-state index contributed by atoms with van der Waals surface area (Å²) in [5.41, 5.74) is 4.92. The Labute approximate surface area is 118 Å². The lowest BCUT2D eigenvalue weighted by Gasteiger charge is -2.18. The standard InChI is InChI=1S/C14H13BrF2N2/c1-8-2-3-9(6-13(8)15)14(19-18)10-4-11(16)7-12(17)5-10/h2-7,14,19H,18H2,1H3. The van der Waals surface area contributed by atoms with Gasteiger partial charge in [-0.3, -0.25) is 5.84 Å². The molecule has 0 radical (unpaired) electrons. The molecule has 0 saturated heterocycles. The molecule has 2 aromatic rings. The molecule has 0 amide bonds. The maximum atomic E-state index is 13.3. The third-order valence-corrected chi connectivity index (χ3v) is 3.77. The van der Waals surface area contributed by atoms with Crippen molar-refractivity contribution >= 4 is 15.9 Å². The Kier molecular flexibility index (Phi) is 4.29. The monoisotopic (exact) mass is 326 g/mol. The van der Waals surface area contributed by atoms with Crippen LogP contribution in [0.1, 0.15) is 22.7 Å². The fourth-order valence-electron chi connectivity index (χ4n) is 1.92. The predicted molar refractivity (Wildman–Crippen MR) is 74.4 cm³/mol. The highest BCUT2D eigenvalue weighted by molar-refractivity contribution is 9.10. The van der Waals surface area contributed by atoms with Gasteiger partial charge in [-0.15, -0.1) is 0 Å². The maximum Gasteiger partial charge on any atom is 0.126 e. The number of halogens is 3. The summed E-state index contributed by atoms with van der Waals surface area (Å²) in [6, 6.07) is 8.56. The lowest BCUT2D eigenvalue weighted by Crippen LogP contribution is -2.29. The summed E-state index contributed by atoms with van der Waals surface area (Å²) in [6.07, 6.45) is 0. The Hall–Kier alpha value is -1.30. The average Bonchev–Trinajstić information content (AvgIpc) is 2.33. The second-order valence-corrected chi connectivity index (χ2v) is 5.17. The molecule has 2 rings (SSSR count). The molecule has 0 aliphatic rings. The van der Waals surface area contributed by atoms with Crippen LogP contribution in [0.5, 0.6) is 0 Å². The van der Waals surface area contributed by atoms with Crippen molar-refractivity contribution < 1.29 is 8.78 Å². The molecular weight excluding hydrogens is 314 g/mol. The van der Waals surface area contributed by atoms with E-state index in [9.17, 15) is 8.78 Å². The Balaban J connectivity index is 2.46. The zero-order chi connectivity index (χ0) is 14.0. The van der Waals surface area contributed by atoms with Crippen LogP contribution in [0.3, 0.4) is 0 Å². The van der Waals surface area contributed by atoms with Crippen molar-refractivity contribution in [3.05, 3.63) is 69.2 Å². The van der Waals surface area contributed by atoms with Gasteiger partial charge in [-0.2, -0.15) is 0 Å². The van der Waals surface area contributed by atoms with Crippen molar-refractivity contribution in [1.29, 1.82) is 0 Å². The Morgan fingerprint density at radius 3 is 2.21 bits per heavy atom. The van der Waals surface area contributed by atoms with Gasteiger partial charge in [0.2, 0.25) is 0 Å². The van der Waals surface area contributed by atoms with Crippen molar-refractivity contribution in [1.82, 2.24) is 5.43 Å². The minimum atomic E-state index is -0.624. The van der Waals surface area contributed by atoms with Crippen molar-refractivity contribution in [2.24, 2.45) is 5.84 Å². The van der Waals surface area contributed by atoms with Crippen molar-refractivity contribution in [2.45, 2.75) is 13.0 Å². The molecule has 0 bridgehead atoms. The molecule has 0 saturated carbocycles. The number of hydrogen-bond acceptors (Lipinski definition) is 2. The van der Waals surface area contributed by atoms with E-state index in [4.69, 9.17) is 5.84 Å². The molecule has 1 unspecified atom stereocenters. The van der Waals surface area contributed by atoms with Crippen molar-refractivity contribution in [3.8, 4) is 0 Å². The lowest BCUT2D eigenvalue weighted by molar-refractivity contribution is 0.566. The van der Waals surface area contributed by atoms with E-state index >= 15 is 0 Å². The van der Waals surface area contributed by atoms with Crippen LogP contribution >= 0.6 is 15.9 Å². The van der Waals surface area contributed by atoms with Crippen LogP contribution in [0.15, 0.2) is 40.9 Å². The highest BCUT2D eigenvalue weighted by atomic mass is 79.9. The molecule has 0 fully saturated rings. The number of hydrazine groups is 1. The van der Waals surface area contributed by atoms with Crippen LogP contribution in [-0.4, -0.2) is 0 Å². The summed E-state index contributed by atoms with van der Waals surface area (Å²) in [7, 11) is 0. The van der Waals surface area contributed by atoms with Crippen molar-refractivity contribution in [2.75, 3.05) is 0 Å². The van der Waals surface area contributed by atoms with Crippen molar-refractivity contribution in [3.63, 3.8) is 0 Å². The third kappa shape index (κ3) is 3.18. The molecule has 2 nitrogen and oxygen atoms in total. The first-order chi connectivity index (χ1) is 9.01. The minimum Gasteiger partial charge on any atom is -0.271 e. The molecule has 0 spiro atoms. The van der Waals surface area contributed by atoms with E-state index in [1.54, 1.807) is 0 Å². The van der Waals surface area contributed by atoms with Gasteiger partial charge in [0, 0.05) is 10.5 Å². The van der Waals surface area contributed by atoms with Gasteiger partial charge in [0.1, 0.15) is 11.6 Å². The quantitative estimate of drug-likeness (QED) is 0.668. The third-order valence-electron chi connectivity index (χ3n) is 2.91. The molecule has 0 aliphatic heterocycles. The Morgan fingerprint density at radius 2 is 1.68 bits per heavy atom. The van der Waals surface area contributed by atoms with Gasteiger partial charge in [0.25, 0.3) is 0 Å². The molecule has 0 aromatic heterocycles. The second-order valence-electron chi connectivity index (χ2n) is 4.31. The number of aryl methyl sites for hydroxylation is 1. The predicted octanol–water partition coefficient (Wildman–Crippen LogP) is 3.59. The molecule has 1 atom stereocenters. The van der Waals surface area contributed by atoms with E-state index in [1.807, 2.05) is 25.1 Å². The van der Waals surface area contributed by atoms with E-state index in [0.29, 0.717) is 5.56 Å². The van der Waals surface area contributed by atoms with Gasteiger partial charge < -0.3 is 0 Å². The smallest absolute Gasteiger partial charge is 0.126 e. The van der Waals surface area contributed by atoms with Crippen LogP contribution in [0, 0.1) is 18.6 Å². The molecule has 5 heteroatoms. The largest absolute Gasteiger partial charge is 0.271 e. The molecule has 3 N–H and O–H groups in total. The van der Waals surface area contributed by atoms with Crippen LogP contribution in [0.2, 0.25) is 0 Å². The van der Waals surface area contributed by atoms with E-state index in [1.165, 1.54) is 12.1 Å². The van der Waals surface area contributed by atoms with Gasteiger partial charge in [0.05, 0.1) is 6.04 Å². The summed E-state index contributed by atoms with van der Waals surface area (Å²) >= 11 is 3.43. The van der Waals surface area contributed by atoms with E-state index in [-0.39, 0.29) is 0 Å². The van der Waals surface area contributed by atoms with Crippen LogP contribution in [0.25, 0.3) is 0 Å². The zero-order valence-corrected chi connectivity index (χ0v) is 11.8. The van der Waals surface area contributed by atoms with Crippen LogP contribution < -0.4 is 11.3 Å². The lowest BCUT2D eigenvalue weighted by atomic mass is 9.98. The molecular formula is C14H13BrF2N2. The second kappa shape index (κ2) is 5.77. The molecule has 0 aliphatic carbocycles. The van der Waals surface area contributed by atoms with Gasteiger partial charge in [-0.1, -0.05) is 28.1 Å². The molecule has 0 heterocycles. The fourth-order valence-corrected chi connectivity index (χ4v) is 2.31. The summed E-state index contributed by atoms with van der Waals surface area (Å²) < 4.78 is 27.5. The Bertz CT molecular complexity index is 582. The first-order valence-corrected chi connectivity index (χ1v) is 6.48. The summed E-state index contributed by atoms with van der Waals surface area (Å²) in [5.74, 6) is 4.27. The minimum absolute atomic E-state index is 0.441. The Morgan fingerprint density at radius 1 is 1.05 bits per heavy atom. The first kappa shape index (κ1) is 14.1. The summed E-state index contributed by atoms with van der Waals surface area (Å²) in [4.78, 5) is 0. The number of benzene rings is 2. The topological polar surface area (TPSA) is 38.0 Å². The van der Waals surface area contributed by atoms with Gasteiger partial charge in [-0.25, -0.2) is 14.2 Å². The van der Waals surface area contributed by atoms with Gasteiger partial charge in [-0.05, 0) is 41.8 Å². The van der Waals surface area contributed by atoms with Gasteiger partial charge >= 0.3 is 0 Å². The zero-order valence-electron chi connectivity index (χ0n) is 10.3. The average molecular weight is 327 g/mol. The number of rotatable bonds is 3. The van der Waals surface area contributed by atoms with Crippen LogP contribution in [0.4, 0.5) is 8.78 Å². The maximum absolute atomic E-state index is 13.3. The number of nitrogens with two attached hydrogens (primary N) is 1. The summed E-state index contributed by atoms with van der Waals surface area (Å²) in [6.45, 7) is 1.96. The number of nitrogens with one attached hydrogen (secondary N) is 1. The molecule has 2 aromatic carbocycles. The molecule has 100 valence electrons. The van der Waals surface area contributed by atoms with E-state index < -0.39 is 17.7 Å². The van der Waals surface area contributed by atoms with E-state index in [2.05, 4.69) is 21.4 Å². The normalized spacial score (nSPS) is 12.5. The highest BCUT2D eigenvalue weighted by Gasteiger charge is 2.15. The SMILES string of the molecule is Cc1ccc(C(NN)c2cc(F)cc(F)c2)cc1Br. The fraction of sp³-hybridized carbons (Fsp3) is 0.143. The van der Waals surface area contributed by atoms with Crippen LogP contribution in [-0.2, 0) is 0 Å². The summed E-state index contributed by atoms with van der Waals surface area (Å²) in [5, 5.41) is 0. The van der Waals surface area contributed by atoms with E-state index in [0.717, 1.165) is 21.7 Å². The van der Waals surface area contributed by atoms with Gasteiger partial charge in [0.15, 0.2) is 0 Å². The molecule has 19 heavy (non-hydrogen) atoms. The highest BCUT2D eigenvalue weighted by Crippen LogP contribution is 2.27. The number of hydrogen-bond donors (Lipinski definition) is 2.